The van der Waals surface area contributed by atoms with Crippen molar-refractivity contribution in [3.8, 4) is 0 Å². The first-order valence-corrected chi connectivity index (χ1v) is 5.20. The van der Waals surface area contributed by atoms with E-state index in [2.05, 4.69) is 60.4 Å². The smallest absolute Gasteiger partial charge is 0.228 e. The number of hydrogen-bond donors (Lipinski definition) is 0. The average Bonchev–Trinajstić information content (AvgIpc) is 1.77. The van der Waals surface area contributed by atoms with E-state index < -0.39 is 0 Å². The summed E-state index contributed by atoms with van der Waals surface area (Å²) in [5.74, 6) is 0. The van der Waals surface area contributed by atoms with Crippen LogP contribution in [0.25, 0.3) is 0 Å². The molecule has 2 heteroatoms. The third kappa shape index (κ3) is 5.35. The molecule has 0 fully saturated rings. The predicted molar refractivity (Wildman–Crippen MR) is 63.4 cm³/mol. The van der Waals surface area contributed by atoms with Gasteiger partial charge in [0, 0.05) is 0 Å². The van der Waals surface area contributed by atoms with Crippen molar-refractivity contribution in [3.05, 3.63) is 0 Å². The Bertz CT molecular complexity index is 150. The van der Waals surface area contributed by atoms with Crippen molar-refractivity contribution in [1.82, 2.24) is 4.81 Å². The van der Waals surface area contributed by atoms with Crippen molar-refractivity contribution in [2.45, 2.75) is 53.2 Å². The van der Waals surface area contributed by atoms with E-state index in [0.717, 1.165) is 0 Å². The first-order chi connectivity index (χ1) is 5.54. The number of rotatable bonds is 2. The molecular weight excluding hydrogens is 157 g/mol. The van der Waals surface area contributed by atoms with E-state index in [1.165, 1.54) is 6.32 Å². The van der Waals surface area contributed by atoms with Crippen molar-refractivity contribution in [3.63, 3.8) is 0 Å². The molecule has 0 bridgehead atoms. The maximum Gasteiger partial charge on any atom is 0.228 e. The Labute approximate surface area is 85.0 Å². The Morgan fingerprint density at radius 2 is 1.31 bits per heavy atom. The Morgan fingerprint density at radius 1 is 0.923 bits per heavy atom. The van der Waals surface area contributed by atoms with Gasteiger partial charge < -0.3 is 4.81 Å². The van der Waals surface area contributed by atoms with Crippen LogP contribution in [0.3, 0.4) is 0 Å². The molecule has 0 saturated carbocycles. The van der Waals surface area contributed by atoms with E-state index in [1.807, 2.05) is 0 Å². The van der Waals surface area contributed by atoms with Crippen molar-refractivity contribution in [2.24, 2.45) is 5.41 Å². The van der Waals surface area contributed by atoms with Crippen LogP contribution in [0, 0.1) is 5.41 Å². The molecule has 0 aliphatic carbocycles. The van der Waals surface area contributed by atoms with E-state index in [-0.39, 0.29) is 0 Å². The predicted octanol–water partition coefficient (Wildman–Crippen LogP) is 3.39. The van der Waals surface area contributed by atoms with E-state index in [1.54, 1.807) is 0 Å². The fourth-order valence-electron chi connectivity index (χ4n) is 1.84. The lowest BCUT2D eigenvalue weighted by Gasteiger charge is -2.36. The SMILES string of the molecule is CN(C)B(CC(C)(C)C)C(C)(C)C. The van der Waals surface area contributed by atoms with Gasteiger partial charge in [0.15, 0.2) is 0 Å². The third-order valence-electron chi connectivity index (χ3n) is 2.43. The third-order valence-corrected chi connectivity index (χ3v) is 2.43. The Balaban J connectivity index is 4.47. The second-order valence-corrected chi connectivity index (χ2v) is 6.61. The molecule has 78 valence electrons. The Hall–Kier alpha value is 0.0249. The minimum absolute atomic E-state index is 0.372. The molecule has 0 unspecified atom stereocenters. The fraction of sp³-hybridized carbons (Fsp3) is 1.00. The first-order valence-electron chi connectivity index (χ1n) is 5.20. The van der Waals surface area contributed by atoms with Crippen molar-refractivity contribution in [1.29, 1.82) is 0 Å². The molecule has 0 N–H and O–H groups in total. The maximum atomic E-state index is 2.35. The minimum Gasteiger partial charge on any atom is -0.347 e. The normalized spacial score (nSPS) is 13.6. The molecule has 0 saturated heterocycles. The standard InChI is InChI=1S/C11H26BN/c1-10(2,3)9-12(13(7)8)11(4,5)6/h9H2,1-8H3. The molecule has 0 aliphatic rings. The van der Waals surface area contributed by atoms with Gasteiger partial charge >= 0.3 is 0 Å². The highest BCUT2D eigenvalue weighted by molar-refractivity contribution is 6.59. The number of hydrogen-bond acceptors (Lipinski definition) is 1. The van der Waals surface area contributed by atoms with Crippen LogP contribution in [0.4, 0.5) is 0 Å². The maximum absolute atomic E-state index is 2.35. The van der Waals surface area contributed by atoms with Crippen molar-refractivity contribution in [2.75, 3.05) is 14.1 Å². The van der Waals surface area contributed by atoms with Crippen LogP contribution in [0.2, 0.25) is 11.6 Å². The van der Waals surface area contributed by atoms with Crippen LogP contribution in [0.15, 0.2) is 0 Å². The topological polar surface area (TPSA) is 3.24 Å². The molecular formula is C11H26BN. The van der Waals surface area contributed by atoms with Crippen LogP contribution >= 0.6 is 0 Å². The van der Waals surface area contributed by atoms with Crippen LogP contribution in [0.5, 0.6) is 0 Å². The zero-order valence-corrected chi connectivity index (χ0v) is 10.7. The highest BCUT2D eigenvalue weighted by atomic mass is 15.0. The van der Waals surface area contributed by atoms with E-state index in [0.29, 0.717) is 17.6 Å². The lowest BCUT2D eigenvalue weighted by Crippen LogP contribution is -2.43. The zero-order chi connectivity index (χ0) is 10.9. The summed E-state index contributed by atoms with van der Waals surface area (Å²) in [6.45, 7) is 14.6. The molecule has 0 heterocycles. The molecule has 0 rings (SSSR count). The summed E-state index contributed by atoms with van der Waals surface area (Å²) in [5, 5.41) is 0.372. The van der Waals surface area contributed by atoms with Gasteiger partial charge in [0.05, 0.1) is 0 Å². The largest absolute Gasteiger partial charge is 0.347 e. The zero-order valence-electron chi connectivity index (χ0n) is 10.7. The van der Waals surface area contributed by atoms with Crippen LogP contribution in [0.1, 0.15) is 41.5 Å². The molecule has 0 atom stereocenters. The van der Waals surface area contributed by atoms with Crippen molar-refractivity contribution >= 4 is 6.85 Å². The van der Waals surface area contributed by atoms with Gasteiger partial charge in [-0.05, 0) is 24.8 Å². The summed E-state index contributed by atoms with van der Waals surface area (Å²) in [6, 6.07) is 0. The van der Waals surface area contributed by atoms with E-state index in [9.17, 15) is 0 Å². The fourth-order valence-corrected chi connectivity index (χ4v) is 1.84. The van der Waals surface area contributed by atoms with E-state index in [4.69, 9.17) is 0 Å². The van der Waals surface area contributed by atoms with Crippen LogP contribution in [-0.4, -0.2) is 25.8 Å². The molecule has 0 aromatic carbocycles. The Kier molecular flexibility index (Phi) is 4.05. The molecule has 13 heavy (non-hydrogen) atoms. The number of nitrogens with zero attached hydrogens (tertiary/aromatic N) is 1. The minimum atomic E-state index is 0.372. The second-order valence-electron chi connectivity index (χ2n) is 6.61. The summed E-state index contributed by atoms with van der Waals surface area (Å²) < 4.78 is 0. The van der Waals surface area contributed by atoms with Gasteiger partial charge in [-0.1, -0.05) is 47.9 Å². The van der Waals surface area contributed by atoms with Gasteiger partial charge in [-0.2, -0.15) is 0 Å². The van der Waals surface area contributed by atoms with Crippen LogP contribution in [-0.2, 0) is 0 Å². The van der Waals surface area contributed by atoms with Gasteiger partial charge in [0.1, 0.15) is 0 Å². The first kappa shape index (κ1) is 13.0. The van der Waals surface area contributed by atoms with Crippen LogP contribution < -0.4 is 0 Å². The molecule has 0 aromatic heterocycles. The van der Waals surface area contributed by atoms with Gasteiger partial charge in [-0.25, -0.2) is 0 Å². The van der Waals surface area contributed by atoms with Gasteiger partial charge in [0.25, 0.3) is 0 Å². The molecule has 0 aliphatic heterocycles. The second kappa shape index (κ2) is 4.04. The van der Waals surface area contributed by atoms with Gasteiger partial charge in [-0.15, -0.1) is 0 Å². The summed E-state index contributed by atoms with van der Waals surface area (Å²) in [4.78, 5) is 2.35. The lowest BCUT2D eigenvalue weighted by molar-refractivity contribution is 0.434. The summed E-state index contributed by atoms with van der Waals surface area (Å²) >= 11 is 0. The summed E-state index contributed by atoms with van der Waals surface area (Å²) in [5.41, 5.74) is 0.419. The Morgan fingerprint density at radius 3 is 1.38 bits per heavy atom. The monoisotopic (exact) mass is 183 g/mol. The highest BCUT2D eigenvalue weighted by Gasteiger charge is 2.34. The average molecular weight is 183 g/mol. The van der Waals surface area contributed by atoms with Crippen molar-refractivity contribution < 1.29 is 0 Å². The summed E-state index contributed by atoms with van der Waals surface area (Å²) in [6.07, 6.45) is 1.25. The molecule has 0 aromatic rings. The molecule has 1 nitrogen and oxygen atoms in total. The van der Waals surface area contributed by atoms with E-state index >= 15 is 0 Å². The quantitative estimate of drug-likeness (QED) is 0.593. The highest BCUT2D eigenvalue weighted by Crippen LogP contribution is 2.35. The lowest BCUT2D eigenvalue weighted by atomic mass is 9.38. The molecule has 0 spiro atoms. The molecule has 0 amide bonds. The summed E-state index contributed by atoms with van der Waals surface area (Å²) in [7, 11) is 4.36. The molecule has 0 radical (unpaired) electrons. The van der Waals surface area contributed by atoms with Gasteiger partial charge in [0.2, 0.25) is 6.85 Å². The van der Waals surface area contributed by atoms with Gasteiger partial charge in [-0.3, -0.25) is 0 Å².